The van der Waals surface area contributed by atoms with E-state index < -0.39 is 0 Å². The quantitative estimate of drug-likeness (QED) is 0.923. The van der Waals surface area contributed by atoms with Crippen LogP contribution in [0, 0.1) is 11.8 Å². The minimum atomic E-state index is 0.397. The van der Waals surface area contributed by atoms with Gasteiger partial charge in [0.05, 0.1) is 6.10 Å². The van der Waals surface area contributed by atoms with Crippen LogP contribution in [0.1, 0.15) is 33.1 Å². The van der Waals surface area contributed by atoms with Gasteiger partial charge in [0.25, 0.3) is 0 Å². The second-order valence-electron chi connectivity index (χ2n) is 6.89. The molecule has 3 heteroatoms. The fourth-order valence-electron chi connectivity index (χ4n) is 3.82. The van der Waals surface area contributed by atoms with Gasteiger partial charge in [-0.15, -0.1) is 0 Å². The summed E-state index contributed by atoms with van der Waals surface area (Å²) < 4.78 is 6.21. The molecule has 1 N–H and O–H groups in total. The highest BCUT2D eigenvalue weighted by Crippen LogP contribution is 2.31. The molecule has 1 aromatic carbocycles. The molecule has 2 atom stereocenters. The highest BCUT2D eigenvalue weighted by Gasteiger charge is 2.25. The van der Waals surface area contributed by atoms with E-state index in [1.807, 2.05) is 0 Å². The predicted molar refractivity (Wildman–Crippen MR) is 88.1 cm³/mol. The maximum absolute atomic E-state index is 6.21. The van der Waals surface area contributed by atoms with Crippen molar-refractivity contribution >= 4 is 5.69 Å². The summed E-state index contributed by atoms with van der Waals surface area (Å²) in [5.41, 5.74) is 1.31. The Balaban J connectivity index is 1.59. The lowest BCUT2D eigenvalue weighted by Gasteiger charge is -2.32. The SMILES string of the molecule is CC1CC(C)CC(Oc2ccc(N3CCNCC3)cc2)C1. The molecule has 21 heavy (non-hydrogen) atoms. The Morgan fingerprint density at radius 1 is 0.952 bits per heavy atom. The maximum Gasteiger partial charge on any atom is 0.119 e. The van der Waals surface area contributed by atoms with Crippen LogP contribution >= 0.6 is 0 Å². The smallest absolute Gasteiger partial charge is 0.119 e. The molecule has 0 amide bonds. The van der Waals surface area contributed by atoms with Crippen LogP contribution < -0.4 is 15.0 Å². The fraction of sp³-hybridized carbons (Fsp3) is 0.667. The van der Waals surface area contributed by atoms with E-state index in [4.69, 9.17) is 4.74 Å². The number of ether oxygens (including phenoxy) is 1. The molecule has 2 unspecified atom stereocenters. The molecule has 1 aliphatic heterocycles. The second kappa shape index (κ2) is 6.69. The summed E-state index contributed by atoms with van der Waals surface area (Å²) in [5.74, 6) is 2.61. The molecule has 0 aromatic heterocycles. The monoisotopic (exact) mass is 288 g/mol. The average molecular weight is 288 g/mol. The molecule has 0 radical (unpaired) electrons. The molecule has 2 fully saturated rings. The second-order valence-corrected chi connectivity index (χ2v) is 6.89. The highest BCUT2D eigenvalue weighted by molar-refractivity contribution is 5.49. The number of rotatable bonds is 3. The van der Waals surface area contributed by atoms with Gasteiger partial charge in [-0.1, -0.05) is 13.8 Å². The third-order valence-electron chi connectivity index (χ3n) is 4.76. The van der Waals surface area contributed by atoms with Crippen molar-refractivity contribution in [1.82, 2.24) is 5.32 Å². The van der Waals surface area contributed by atoms with E-state index in [1.54, 1.807) is 0 Å². The van der Waals surface area contributed by atoms with Crippen molar-refractivity contribution in [2.75, 3.05) is 31.1 Å². The van der Waals surface area contributed by atoms with Crippen LogP contribution in [0.15, 0.2) is 24.3 Å². The first-order chi connectivity index (χ1) is 10.2. The summed E-state index contributed by atoms with van der Waals surface area (Å²) in [6.45, 7) is 9.04. The number of nitrogens with one attached hydrogen (secondary N) is 1. The van der Waals surface area contributed by atoms with Crippen LogP contribution in [-0.4, -0.2) is 32.3 Å². The molecule has 1 heterocycles. The van der Waals surface area contributed by atoms with Crippen molar-refractivity contribution < 1.29 is 4.74 Å². The first-order valence-corrected chi connectivity index (χ1v) is 8.43. The molecule has 2 aliphatic rings. The predicted octanol–water partition coefficient (Wildman–Crippen LogP) is 3.30. The number of benzene rings is 1. The van der Waals surface area contributed by atoms with E-state index in [9.17, 15) is 0 Å². The summed E-state index contributed by atoms with van der Waals surface area (Å²) in [6, 6.07) is 8.69. The lowest BCUT2D eigenvalue weighted by atomic mass is 9.82. The van der Waals surface area contributed by atoms with E-state index in [-0.39, 0.29) is 0 Å². The van der Waals surface area contributed by atoms with E-state index in [1.165, 1.54) is 24.9 Å². The lowest BCUT2D eigenvalue weighted by molar-refractivity contribution is 0.101. The molecular formula is C18H28N2O. The van der Waals surface area contributed by atoms with Crippen molar-refractivity contribution in [3.63, 3.8) is 0 Å². The van der Waals surface area contributed by atoms with Crippen LogP contribution in [0.4, 0.5) is 5.69 Å². The Labute approximate surface area is 128 Å². The number of hydrogen-bond donors (Lipinski definition) is 1. The Bertz CT molecular complexity index is 429. The van der Waals surface area contributed by atoms with E-state index in [0.717, 1.165) is 43.8 Å². The van der Waals surface area contributed by atoms with Gasteiger partial charge in [0, 0.05) is 31.9 Å². The van der Waals surface area contributed by atoms with Gasteiger partial charge >= 0.3 is 0 Å². The van der Waals surface area contributed by atoms with Crippen LogP contribution in [-0.2, 0) is 0 Å². The highest BCUT2D eigenvalue weighted by atomic mass is 16.5. The Morgan fingerprint density at radius 3 is 2.19 bits per heavy atom. The number of nitrogens with zero attached hydrogens (tertiary/aromatic N) is 1. The van der Waals surface area contributed by atoms with Crippen LogP contribution in [0.3, 0.4) is 0 Å². The minimum absolute atomic E-state index is 0.397. The van der Waals surface area contributed by atoms with Gasteiger partial charge in [0.15, 0.2) is 0 Å². The van der Waals surface area contributed by atoms with Crippen LogP contribution in [0.2, 0.25) is 0 Å². The lowest BCUT2D eigenvalue weighted by Crippen LogP contribution is -2.43. The molecule has 116 valence electrons. The Kier molecular flexibility index (Phi) is 4.69. The minimum Gasteiger partial charge on any atom is -0.490 e. The van der Waals surface area contributed by atoms with Crippen molar-refractivity contribution in [3.8, 4) is 5.75 Å². The summed E-state index contributed by atoms with van der Waals surface area (Å²) in [6.07, 6.45) is 4.14. The summed E-state index contributed by atoms with van der Waals surface area (Å²) in [4.78, 5) is 2.44. The molecule has 1 saturated heterocycles. The molecule has 1 aromatic rings. The van der Waals surface area contributed by atoms with E-state index in [2.05, 4.69) is 48.3 Å². The molecule has 0 bridgehead atoms. The topological polar surface area (TPSA) is 24.5 Å². The molecule has 3 nitrogen and oxygen atoms in total. The van der Waals surface area contributed by atoms with Gasteiger partial charge in [0.1, 0.15) is 5.75 Å². The third kappa shape index (κ3) is 3.91. The first-order valence-electron chi connectivity index (χ1n) is 8.43. The largest absolute Gasteiger partial charge is 0.490 e. The van der Waals surface area contributed by atoms with E-state index >= 15 is 0 Å². The summed E-state index contributed by atoms with van der Waals surface area (Å²) in [5, 5.41) is 3.39. The summed E-state index contributed by atoms with van der Waals surface area (Å²) >= 11 is 0. The maximum atomic E-state index is 6.21. The normalized spacial score (nSPS) is 30.2. The first kappa shape index (κ1) is 14.7. The Morgan fingerprint density at radius 2 is 1.57 bits per heavy atom. The molecule has 0 spiro atoms. The van der Waals surface area contributed by atoms with Crippen LogP contribution in [0.25, 0.3) is 0 Å². The van der Waals surface area contributed by atoms with Crippen molar-refractivity contribution in [1.29, 1.82) is 0 Å². The van der Waals surface area contributed by atoms with Gasteiger partial charge in [-0.25, -0.2) is 0 Å². The zero-order valence-electron chi connectivity index (χ0n) is 13.3. The zero-order chi connectivity index (χ0) is 14.7. The standard InChI is InChI=1S/C18H28N2O/c1-14-11-15(2)13-18(12-14)21-17-5-3-16(4-6-17)20-9-7-19-8-10-20/h3-6,14-15,18-19H,7-13H2,1-2H3. The number of piperazine rings is 1. The van der Waals surface area contributed by atoms with E-state index in [0.29, 0.717) is 6.10 Å². The van der Waals surface area contributed by atoms with Gasteiger partial charge in [-0.2, -0.15) is 0 Å². The molecule has 1 aliphatic carbocycles. The molecule has 1 saturated carbocycles. The van der Waals surface area contributed by atoms with Crippen molar-refractivity contribution in [3.05, 3.63) is 24.3 Å². The summed E-state index contributed by atoms with van der Waals surface area (Å²) in [7, 11) is 0. The molecular weight excluding hydrogens is 260 g/mol. The number of anilines is 1. The third-order valence-corrected chi connectivity index (χ3v) is 4.76. The fourth-order valence-corrected chi connectivity index (χ4v) is 3.82. The van der Waals surface area contributed by atoms with Gasteiger partial charge < -0.3 is 15.0 Å². The van der Waals surface area contributed by atoms with Crippen molar-refractivity contribution in [2.24, 2.45) is 11.8 Å². The molecule has 3 rings (SSSR count). The van der Waals surface area contributed by atoms with Gasteiger partial charge in [-0.05, 0) is 55.4 Å². The zero-order valence-corrected chi connectivity index (χ0v) is 13.3. The van der Waals surface area contributed by atoms with Gasteiger partial charge in [-0.3, -0.25) is 0 Å². The number of hydrogen-bond acceptors (Lipinski definition) is 3. The van der Waals surface area contributed by atoms with Crippen LogP contribution in [0.5, 0.6) is 5.75 Å². The Hall–Kier alpha value is -1.22. The average Bonchev–Trinajstić information content (AvgIpc) is 2.48. The van der Waals surface area contributed by atoms with Crippen molar-refractivity contribution in [2.45, 2.75) is 39.2 Å². The van der Waals surface area contributed by atoms with Gasteiger partial charge in [0.2, 0.25) is 0 Å².